The summed E-state index contributed by atoms with van der Waals surface area (Å²) in [7, 11) is 1.64. The topological polar surface area (TPSA) is 51.2 Å². The van der Waals surface area contributed by atoms with Crippen molar-refractivity contribution in [2.24, 2.45) is 5.92 Å². The molecule has 21 heavy (non-hydrogen) atoms. The van der Waals surface area contributed by atoms with Gasteiger partial charge in [-0.05, 0) is 47.0 Å². The monoisotopic (exact) mass is 366 g/mol. The number of anilines is 1. The minimum absolute atomic E-state index is 0.0954. The van der Waals surface area contributed by atoms with Crippen molar-refractivity contribution in [2.75, 3.05) is 12.4 Å². The third kappa shape index (κ3) is 3.11. The average molecular weight is 367 g/mol. The molecule has 0 atom stereocenters. The number of thiazole rings is 1. The van der Waals surface area contributed by atoms with Crippen molar-refractivity contribution in [3.05, 3.63) is 28.1 Å². The molecule has 1 aliphatic rings. The van der Waals surface area contributed by atoms with Gasteiger partial charge in [0.15, 0.2) is 5.13 Å². The van der Waals surface area contributed by atoms with Gasteiger partial charge in [0.2, 0.25) is 5.91 Å². The molecule has 0 saturated heterocycles. The van der Waals surface area contributed by atoms with Gasteiger partial charge in [-0.1, -0.05) is 6.42 Å². The van der Waals surface area contributed by atoms with Gasteiger partial charge in [-0.25, -0.2) is 4.98 Å². The Bertz CT molecular complexity index is 667. The van der Waals surface area contributed by atoms with E-state index in [1.165, 1.54) is 11.3 Å². The van der Waals surface area contributed by atoms with Crippen LogP contribution in [-0.2, 0) is 4.79 Å². The van der Waals surface area contributed by atoms with Crippen molar-refractivity contribution in [1.82, 2.24) is 4.98 Å². The van der Waals surface area contributed by atoms with Gasteiger partial charge in [0.05, 0.1) is 17.3 Å². The van der Waals surface area contributed by atoms with Gasteiger partial charge < -0.3 is 10.1 Å². The Kier molecular flexibility index (Phi) is 4.26. The Morgan fingerprint density at radius 2 is 2.29 bits per heavy atom. The fourth-order valence-corrected chi connectivity index (χ4v) is 3.43. The maximum atomic E-state index is 11.9. The zero-order valence-corrected chi connectivity index (χ0v) is 14.0. The van der Waals surface area contributed by atoms with Crippen molar-refractivity contribution in [3.63, 3.8) is 0 Å². The first-order valence-corrected chi connectivity index (χ1v) is 8.45. The molecule has 1 heterocycles. The third-order valence-corrected chi connectivity index (χ3v) is 5.04. The van der Waals surface area contributed by atoms with Crippen LogP contribution in [0.25, 0.3) is 11.3 Å². The minimum atomic E-state index is 0.0954. The average Bonchev–Trinajstić information content (AvgIpc) is 2.85. The molecule has 1 fully saturated rings. The number of carbonyl (C=O) groups is 1. The molecular formula is C15H15BrN2O2S. The van der Waals surface area contributed by atoms with Crippen LogP contribution >= 0.6 is 27.3 Å². The van der Waals surface area contributed by atoms with Crippen LogP contribution in [0.2, 0.25) is 0 Å². The molecule has 0 aliphatic heterocycles. The first-order chi connectivity index (χ1) is 10.2. The summed E-state index contributed by atoms with van der Waals surface area (Å²) in [6, 6.07) is 5.81. The fourth-order valence-electron chi connectivity index (χ4n) is 2.17. The number of nitrogens with zero attached hydrogens (tertiary/aromatic N) is 1. The molecule has 0 radical (unpaired) electrons. The molecule has 1 saturated carbocycles. The van der Waals surface area contributed by atoms with Gasteiger partial charge in [0.25, 0.3) is 0 Å². The SMILES string of the molecule is COc1ccc(-c2csc(NC(=O)C3CCC3)n2)cc1Br. The minimum Gasteiger partial charge on any atom is -0.496 e. The Labute approximate surface area is 135 Å². The molecule has 4 nitrogen and oxygen atoms in total. The van der Waals surface area contributed by atoms with Crippen LogP contribution in [0.3, 0.4) is 0 Å². The Balaban J connectivity index is 1.74. The lowest BCUT2D eigenvalue weighted by atomic mass is 9.85. The second-order valence-electron chi connectivity index (χ2n) is 5.00. The predicted octanol–water partition coefficient (Wildman–Crippen LogP) is 4.32. The number of benzene rings is 1. The summed E-state index contributed by atoms with van der Waals surface area (Å²) in [5.41, 5.74) is 1.84. The summed E-state index contributed by atoms with van der Waals surface area (Å²) in [5.74, 6) is 1.05. The molecule has 0 unspecified atom stereocenters. The molecule has 0 bridgehead atoms. The van der Waals surface area contributed by atoms with Crippen molar-refractivity contribution >= 4 is 38.3 Å². The quantitative estimate of drug-likeness (QED) is 0.876. The van der Waals surface area contributed by atoms with Crippen LogP contribution in [0.15, 0.2) is 28.1 Å². The number of amides is 1. The van der Waals surface area contributed by atoms with Crippen LogP contribution in [0, 0.1) is 5.92 Å². The van der Waals surface area contributed by atoms with E-state index in [1.807, 2.05) is 23.6 Å². The second kappa shape index (κ2) is 6.15. The molecule has 1 N–H and O–H groups in total. The summed E-state index contributed by atoms with van der Waals surface area (Å²) in [5, 5.41) is 5.51. The van der Waals surface area contributed by atoms with Gasteiger partial charge >= 0.3 is 0 Å². The number of ether oxygens (including phenoxy) is 1. The lowest BCUT2D eigenvalue weighted by molar-refractivity contribution is -0.122. The molecule has 1 aromatic heterocycles. The van der Waals surface area contributed by atoms with E-state index in [0.29, 0.717) is 5.13 Å². The number of hydrogen-bond acceptors (Lipinski definition) is 4. The molecule has 1 aromatic carbocycles. The van der Waals surface area contributed by atoms with E-state index in [9.17, 15) is 4.79 Å². The van der Waals surface area contributed by atoms with E-state index in [1.54, 1.807) is 7.11 Å². The number of carbonyl (C=O) groups excluding carboxylic acids is 1. The highest BCUT2D eigenvalue weighted by Gasteiger charge is 2.25. The lowest BCUT2D eigenvalue weighted by Gasteiger charge is -2.23. The van der Waals surface area contributed by atoms with E-state index in [2.05, 4.69) is 26.2 Å². The van der Waals surface area contributed by atoms with Crippen LogP contribution in [0.1, 0.15) is 19.3 Å². The molecule has 6 heteroatoms. The Hall–Kier alpha value is -1.40. The maximum absolute atomic E-state index is 11.9. The van der Waals surface area contributed by atoms with E-state index in [-0.39, 0.29) is 11.8 Å². The normalized spacial score (nSPS) is 14.6. The van der Waals surface area contributed by atoms with Crippen LogP contribution in [-0.4, -0.2) is 18.0 Å². The van der Waals surface area contributed by atoms with Crippen LogP contribution in [0.5, 0.6) is 5.75 Å². The summed E-state index contributed by atoms with van der Waals surface area (Å²) in [6.45, 7) is 0. The fraction of sp³-hybridized carbons (Fsp3) is 0.333. The Morgan fingerprint density at radius 1 is 1.48 bits per heavy atom. The number of halogens is 1. The summed E-state index contributed by atoms with van der Waals surface area (Å²) in [4.78, 5) is 16.4. The summed E-state index contributed by atoms with van der Waals surface area (Å²) in [6.07, 6.45) is 3.14. The molecule has 1 aliphatic carbocycles. The van der Waals surface area contributed by atoms with Crippen molar-refractivity contribution in [2.45, 2.75) is 19.3 Å². The van der Waals surface area contributed by atoms with E-state index in [0.717, 1.165) is 40.7 Å². The highest BCUT2D eigenvalue weighted by atomic mass is 79.9. The first kappa shape index (κ1) is 14.5. The Morgan fingerprint density at radius 3 is 2.90 bits per heavy atom. The van der Waals surface area contributed by atoms with Gasteiger partial charge in [0, 0.05) is 16.9 Å². The molecule has 110 valence electrons. The highest BCUT2D eigenvalue weighted by Crippen LogP contribution is 2.33. The standard InChI is InChI=1S/C15H15BrN2O2S/c1-20-13-6-5-10(7-11(13)16)12-8-21-15(17-12)18-14(19)9-3-2-4-9/h5-9H,2-4H2,1H3,(H,17,18,19). The van der Waals surface area contributed by atoms with E-state index in [4.69, 9.17) is 4.74 Å². The number of methoxy groups -OCH3 is 1. The predicted molar refractivity (Wildman–Crippen MR) is 87.8 cm³/mol. The molecule has 3 rings (SSSR count). The molecule has 2 aromatic rings. The highest BCUT2D eigenvalue weighted by molar-refractivity contribution is 9.10. The second-order valence-corrected chi connectivity index (χ2v) is 6.72. The largest absolute Gasteiger partial charge is 0.496 e. The number of nitrogens with one attached hydrogen (secondary N) is 1. The summed E-state index contributed by atoms with van der Waals surface area (Å²) < 4.78 is 6.10. The zero-order chi connectivity index (χ0) is 14.8. The number of rotatable bonds is 4. The maximum Gasteiger partial charge on any atom is 0.229 e. The molecular weight excluding hydrogens is 352 g/mol. The number of aromatic nitrogens is 1. The van der Waals surface area contributed by atoms with Crippen LogP contribution < -0.4 is 10.1 Å². The van der Waals surface area contributed by atoms with Crippen molar-refractivity contribution in [1.29, 1.82) is 0 Å². The van der Waals surface area contributed by atoms with Crippen molar-refractivity contribution < 1.29 is 9.53 Å². The smallest absolute Gasteiger partial charge is 0.229 e. The third-order valence-electron chi connectivity index (χ3n) is 3.66. The van der Waals surface area contributed by atoms with E-state index < -0.39 is 0 Å². The van der Waals surface area contributed by atoms with Crippen LogP contribution in [0.4, 0.5) is 5.13 Å². The van der Waals surface area contributed by atoms with Gasteiger partial charge in [-0.3, -0.25) is 4.79 Å². The molecule has 0 spiro atoms. The van der Waals surface area contributed by atoms with Crippen molar-refractivity contribution in [3.8, 4) is 17.0 Å². The van der Waals surface area contributed by atoms with Gasteiger partial charge in [0.1, 0.15) is 5.75 Å². The number of hydrogen-bond donors (Lipinski definition) is 1. The lowest BCUT2D eigenvalue weighted by Crippen LogP contribution is -2.27. The van der Waals surface area contributed by atoms with Gasteiger partial charge in [-0.2, -0.15) is 0 Å². The zero-order valence-electron chi connectivity index (χ0n) is 11.6. The van der Waals surface area contributed by atoms with Gasteiger partial charge in [-0.15, -0.1) is 11.3 Å². The first-order valence-electron chi connectivity index (χ1n) is 6.77. The molecule has 1 amide bonds. The summed E-state index contributed by atoms with van der Waals surface area (Å²) >= 11 is 4.92. The van der Waals surface area contributed by atoms with E-state index >= 15 is 0 Å².